The van der Waals surface area contributed by atoms with Crippen LogP contribution in [0, 0.1) is 6.92 Å². The SMILES string of the molecule is Cc1cc(Cl)ccc1NC(=O)CN1c2ccccc2CC1C. The first-order valence-electron chi connectivity index (χ1n) is 7.45. The van der Waals surface area contributed by atoms with Crippen LogP contribution in [0.4, 0.5) is 11.4 Å². The number of hydrogen-bond donors (Lipinski definition) is 1. The molecule has 1 N–H and O–H groups in total. The van der Waals surface area contributed by atoms with E-state index in [0.29, 0.717) is 17.6 Å². The summed E-state index contributed by atoms with van der Waals surface area (Å²) in [6.45, 7) is 4.45. The van der Waals surface area contributed by atoms with E-state index in [-0.39, 0.29) is 5.91 Å². The molecular formula is C18H19ClN2O. The molecule has 114 valence electrons. The number of benzene rings is 2. The Morgan fingerprint density at radius 3 is 2.86 bits per heavy atom. The van der Waals surface area contributed by atoms with Crippen LogP contribution in [0.25, 0.3) is 0 Å². The van der Waals surface area contributed by atoms with Crippen molar-refractivity contribution < 1.29 is 4.79 Å². The molecule has 1 atom stereocenters. The minimum Gasteiger partial charge on any atom is -0.359 e. The van der Waals surface area contributed by atoms with Gasteiger partial charge in [0.2, 0.25) is 5.91 Å². The van der Waals surface area contributed by atoms with Crippen LogP contribution in [0.5, 0.6) is 0 Å². The van der Waals surface area contributed by atoms with Crippen molar-refractivity contribution in [3.05, 3.63) is 58.6 Å². The smallest absolute Gasteiger partial charge is 0.243 e. The Hall–Kier alpha value is -2.00. The van der Waals surface area contributed by atoms with Crippen LogP contribution in [0.2, 0.25) is 5.02 Å². The third-order valence-electron chi connectivity index (χ3n) is 4.12. The van der Waals surface area contributed by atoms with Gasteiger partial charge in [0.25, 0.3) is 0 Å². The lowest BCUT2D eigenvalue weighted by Gasteiger charge is -2.24. The summed E-state index contributed by atoms with van der Waals surface area (Å²) in [4.78, 5) is 14.5. The van der Waals surface area contributed by atoms with Gasteiger partial charge >= 0.3 is 0 Å². The van der Waals surface area contributed by atoms with E-state index in [1.165, 1.54) is 5.56 Å². The molecule has 2 aromatic carbocycles. The van der Waals surface area contributed by atoms with Crippen LogP contribution in [-0.4, -0.2) is 18.5 Å². The van der Waals surface area contributed by atoms with E-state index in [1.54, 1.807) is 6.07 Å². The minimum absolute atomic E-state index is 0.00558. The topological polar surface area (TPSA) is 32.3 Å². The van der Waals surface area contributed by atoms with E-state index < -0.39 is 0 Å². The maximum Gasteiger partial charge on any atom is 0.243 e. The van der Waals surface area contributed by atoms with E-state index in [0.717, 1.165) is 23.4 Å². The molecular weight excluding hydrogens is 296 g/mol. The van der Waals surface area contributed by atoms with Gasteiger partial charge in [0, 0.05) is 22.4 Å². The number of amides is 1. The molecule has 1 amide bonds. The number of carbonyl (C=O) groups is 1. The molecule has 1 heterocycles. The van der Waals surface area contributed by atoms with Crippen molar-refractivity contribution in [2.75, 3.05) is 16.8 Å². The summed E-state index contributed by atoms with van der Waals surface area (Å²) in [5.41, 5.74) is 4.26. The third kappa shape index (κ3) is 2.95. The first-order chi connectivity index (χ1) is 10.5. The van der Waals surface area contributed by atoms with Gasteiger partial charge in [0.1, 0.15) is 0 Å². The molecule has 2 aromatic rings. The fourth-order valence-electron chi connectivity index (χ4n) is 2.98. The molecule has 0 spiro atoms. The highest BCUT2D eigenvalue weighted by Gasteiger charge is 2.27. The number of halogens is 1. The highest BCUT2D eigenvalue weighted by atomic mass is 35.5. The average Bonchev–Trinajstić information content (AvgIpc) is 2.78. The lowest BCUT2D eigenvalue weighted by molar-refractivity contribution is -0.115. The molecule has 1 aliphatic heterocycles. The molecule has 0 saturated heterocycles. The fraction of sp³-hybridized carbons (Fsp3) is 0.278. The monoisotopic (exact) mass is 314 g/mol. The summed E-state index contributed by atoms with van der Waals surface area (Å²) < 4.78 is 0. The van der Waals surface area contributed by atoms with Gasteiger partial charge in [-0.15, -0.1) is 0 Å². The van der Waals surface area contributed by atoms with Gasteiger partial charge in [-0.3, -0.25) is 4.79 Å². The van der Waals surface area contributed by atoms with Gasteiger partial charge in [-0.05, 0) is 55.7 Å². The highest BCUT2D eigenvalue weighted by molar-refractivity contribution is 6.30. The Labute approximate surface area is 135 Å². The van der Waals surface area contributed by atoms with Crippen molar-refractivity contribution in [3.63, 3.8) is 0 Å². The summed E-state index contributed by atoms with van der Waals surface area (Å²) in [5, 5.41) is 3.65. The quantitative estimate of drug-likeness (QED) is 0.927. The summed E-state index contributed by atoms with van der Waals surface area (Å²) in [7, 11) is 0. The third-order valence-corrected chi connectivity index (χ3v) is 4.36. The van der Waals surface area contributed by atoms with Crippen molar-refractivity contribution in [1.29, 1.82) is 0 Å². The number of hydrogen-bond acceptors (Lipinski definition) is 2. The summed E-state index contributed by atoms with van der Waals surface area (Å²) in [5.74, 6) is -0.00558. The predicted molar refractivity (Wildman–Crippen MR) is 91.8 cm³/mol. The number of anilines is 2. The molecule has 0 aromatic heterocycles. The number of nitrogens with one attached hydrogen (secondary N) is 1. The number of aryl methyl sites for hydroxylation is 1. The zero-order chi connectivity index (χ0) is 15.7. The zero-order valence-electron chi connectivity index (χ0n) is 12.8. The maximum atomic E-state index is 12.4. The van der Waals surface area contributed by atoms with E-state index in [4.69, 9.17) is 11.6 Å². The second kappa shape index (κ2) is 6.01. The lowest BCUT2D eigenvalue weighted by Crippen LogP contribution is -2.37. The number of para-hydroxylation sites is 1. The summed E-state index contributed by atoms with van der Waals surface area (Å²) in [6.07, 6.45) is 0.990. The summed E-state index contributed by atoms with van der Waals surface area (Å²) in [6, 6.07) is 14.1. The number of fused-ring (bicyclic) bond motifs is 1. The standard InChI is InChI=1S/C18H19ClN2O/c1-12-9-15(19)7-8-16(12)20-18(22)11-21-13(2)10-14-5-3-4-6-17(14)21/h3-9,13H,10-11H2,1-2H3,(H,20,22). The van der Waals surface area contributed by atoms with E-state index in [9.17, 15) is 4.79 Å². The molecule has 0 fully saturated rings. The Balaban J connectivity index is 1.72. The first kappa shape index (κ1) is 14.9. The Kier molecular flexibility index (Phi) is 4.08. The summed E-state index contributed by atoms with van der Waals surface area (Å²) >= 11 is 5.95. The molecule has 0 radical (unpaired) electrons. The average molecular weight is 315 g/mol. The van der Waals surface area contributed by atoms with E-state index in [1.807, 2.05) is 31.2 Å². The molecule has 0 aliphatic carbocycles. The van der Waals surface area contributed by atoms with Crippen molar-refractivity contribution in [2.24, 2.45) is 0 Å². The van der Waals surface area contributed by atoms with Gasteiger partial charge in [-0.1, -0.05) is 29.8 Å². The Morgan fingerprint density at radius 1 is 1.32 bits per heavy atom. The number of rotatable bonds is 3. The molecule has 3 rings (SSSR count). The first-order valence-corrected chi connectivity index (χ1v) is 7.83. The minimum atomic E-state index is -0.00558. The molecule has 22 heavy (non-hydrogen) atoms. The van der Waals surface area contributed by atoms with Gasteiger partial charge in [-0.2, -0.15) is 0 Å². The Morgan fingerprint density at radius 2 is 2.09 bits per heavy atom. The van der Waals surface area contributed by atoms with Crippen LogP contribution in [0.3, 0.4) is 0 Å². The lowest BCUT2D eigenvalue weighted by atomic mass is 10.1. The van der Waals surface area contributed by atoms with Crippen LogP contribution in [0.15, 0.2) is 42.5 Å². The highest BCUT2D eigenvalue weighted by Crippen LogP contribution is 2.31. The molecule has 1 aliphatic rings. The fourth-order valence-corrected chi connectivity index (χ4v) is 3.21. The van der Waals surface area contributed by atoms with E-state index in [2.05, 4.69) is 29.3 Å². The number of carbonyl (C=O) groups excluding carboxylic acids is 1. The van der Waals surface area contributed by atoms with Gasteiger partial charge in [0.15, 0.2) is 0 Å². The zero-order valence-corrected chi connectivity index (χ0v) is 13.5. The second-order valence-electron chi connectivity index (χ2n) is 5.82. The molecule has 3 nitrogen and oxygen atoms in total. The Bertz CT molecular complexity index is 714. The van der Waals surface area contributed by atoms with Gasteiger partial charge in [-0.25, -0.2) is 0 Å². The molecule has 0 bridgehead atoms. The molecule has 1 unspecified atom stereocenters. The predicted octanol–water partition coefficient (Wildman–Crippen LogP) is 4.04. The largest absolute Gasteiger partial charge is 0.359 e. The van der Waals surface area contributed by atoms with E-state index >= 15 is 0 Å². The normalized spacial score (nSPS) is 16.5. The second-order valence-corrected chi connectivity index (χ2v) is 6.25. The van der Waals surface area contributed by atoms with Crippen LogP contribution >= 0.6 is 11.6 Å². The van der Waals surface area contributed by atoms with Gasteiger partial charge in [0.05, 0.1) is 6.54 Å². The van der Waals surface area contributed by atoms with Crippen LogP contribution in [0.1, 0.15) is 18.1 Å². The van der Waals surface area contributed by atoms with Crippen molar-refractivity contribution in [1.82, 2.24) is 0 Å². The number of nitrogens with zero attached hydrogens (tertiary/aromatic N) is 1. The van der Waals surface area contributed by atoms with Crippen LogP contribution < -0.4 is 10.2 Å². The van der Waals surface area contributed by atoms with Crippen molar-refractivity contribution in [3.8, 4) is 0 Å². The van der Waals surface area contributed by atoms with Crippen LogP contribution in [-0.2, 0) is 11.2 Å². The maximum absolute atomic E-state index is 12.4. The van der Waals surface area contributed by atoms with Gasteiger partial charge < -0.3 is 10.2 Å². The molecule has 0 saturated carbocycles. The van der Waals surface area contributed by atoms with Crippen molar-refractivity contribution >= 4 is 28.9 Å². The molecule has 4 heteroatoms. The van der Waals surface area contributed by atoms with Crippen molar-refractivity contribution in [2.45, 2.75) is 26.3 Å².